The lowest BCUT2D eigenvalue weighted by atomic mass is 9.88. The number of rotatable bonds is 8. The average Bonchev–Trinajstić information content (AvgIpc) is 2.67. The molecule has 0 radical (unpaired) electrons. The third-order valence-electron chi connectivity index (χ3n) is 4.45. The largest absolute Gasteiger partial charge is 0.497 e. The number of amides is 1. The van der Waals surface area contributed by atoms with Crippen LogP contribution < -0.4 is 19.5 Å². The van der Waals surface area contributed by atoms with Crippen molar-refractivity contribution in [3.63, 3.8) is 0 Å². The molecule has 0 aliphatic heterocycles. The van der Waals surface area contributed by atoms with Gasteiger partial charge < -0.3 is 19.5 Å². The van der Waals surface area contributed by atoms with Gasteiger partial charge in [-0.2, -0.15) is 0 Å². The van der Waals surface area contributed by atoms with Crippen LogP contribution in [0, 0.1) is 5.92 Å². The highest BCUT2D eigenvalue weighted by molar-refractivity contribution is 5.94. The van der Waals surface area contributed by atoms with Crippen LogP contribution in [-0.2, 0) is 0 Å². The van der Waals surface area contributed by atoms with Gasteiger partial charge in [0.25, 0.3) is 5.91 Å². The number of benzene rings is 2. The molecule has 0 bridgehead atoms. The van der Waals surface area contributed by atoms with Gasteiger partial charge in [-0.05, 0) is 41.8 Å². The van der Waals surface area contributed by atoms with Crippen LogP contribution >= 0.6 is 0 Å². The monoisotopic (exact) mass is 357 g/mol. The number of hydrogen-bond donors (Lipinski definition) is 1. The molecule has 0 aliphatic rings. The van der Waals surface area contributed by atoms with Gasteiger partial charge in [0.2, 0.25) is 0 Å². The maximum atomic E-state index is 12.5. The van der Waals surface area contributed by atoms with Crippen molar-refractivity contribution in [3.8, 4) is 17.2 Å². The van der Waals surface area contributed by atoms with Crippen molar-refractivity contribution in [1.82, 2.24) is 5.32 Å². The first-order valence-electron chi connectivity index (χ1n) is 8.64. The summed E-state index contributed by atoms with van der Waals surface area (Å²) in [6.07, 6.45) is 0. The SMILES string of the molecule is COc1cccc(C(=O)NCC(c2ccc(OC)c(OC)c2)C(C)C)c1. The van der Waals surface area contributed by atoms with Crippen molar-refractivity contribution in [2.45, 2.75) is 19.8 Å². The van der Waals surface area contributed by atoms with Gasteiger partial charge in [0.1, 0.15) is 5.75 Å². The Balaban J connectivity index is 2.14. The fraction of sp³-hybridized carbons (Fsp3) is 0.381. The quantitative estimate of drug-likeness (QED) is 0.779. The Morgan fingerprint density at radius 1 is 0.962 bits per heavy atom. The lowest BCUT2D eigenvalue weighted by Crippen LogP contribution is -2.30. The highest BCUT2D eigenvalue weighted by atomic mass is 16.5. The van der Waals surface area contributed by atoms with Crippen molar-refractivity contribution in [3.05, 3.63) is 53.6 Å². The number of nitrogens with one attached hydrogen (secondary N) is 1. The first-order valence-corrected chi connectivity index (χ1v) is 8.64. The summed E-state index contributed by atoms with van der Waals surface area (Å²) in [5, 5.41) is 3.03. The molecule has 0 spiro atoms. The summed E-state index contributed by atoms with van der Waals surface area (Å²) in [5.74, 6) is 2.44. The van der Waals surface area contributed by atoms with E-state index in [1.54, 1.807) is 33.5 Å². The molecule has 0 heterocycles. The molecule has 1 atom stereocenters. The zero-order chi connectivity index (χ0) is 19.1. The minimum Gasteiger partial charge on any atom is -0.497 e. The summed E-state index contributed by atoms with van der Waals surface area (Å²) in [4.78, 5) is 12.5. The van der Waals surface area contributed by atoms with E-state index in [4.69, 9.17) is 14.2 Å². The fourth-order valence-electron chi connectivity index (χ4n) is 2.89. The molecule has 0 saturated carbocycles. The summed E-state index contributed by atoms with van der Waals surface area (Å²) in [5.41, 5.74) is 1.68. The topological polar surface area (TPSA) is 56.8 Å². The van der Waals surface area contributed by atoms with Gasteiger partial charge in [-0.3, -0.25) is 4.79 Å². The summed E-state index contributed by atoms with van der Waals surface area (Å²) in [6, 6.07) is 13.0. The van der Waals surface area contributed by atoms with Crippen LogP contribution in [0.25, 0.3) is 0 Å². The molecule has 2 aromatic carbocycles. The lowest BCUT2D eigenvalue weighted by molar-refractivity contribution is 0.0948. The van der Waals surface area contributed by atoms with Crippen LogP contribution in [0.5, 0.6) is 17.2 Å². The Bertz CT molecular complexity index is 743. The molecule has 5 nitrogen and oxygen atoms in total. The van der Waals surface area contributed by atoms with E-state index in [0.717, 1.165) is 5.56 Å². The highest BCUT2D eigenvalue weighted by Crippen LogP contribution is 2.33. The lowest BCUT2D eigenvalue weighted by Gasteiger charge is -2.23. The Hall–Kier alpha value is -2.69. The predicted molar refractivity (Wildman–Crippen MR) is 102 cm³/mol. The van der Waals surface area contributed by atoms with Crippen LogP contribution in [0.4, 0.5) is 0 Å². The van der Waals surface area contributed by atoms with Gasteiger partial charge >= 0.3 is 0 Å². The zero-order valence-corrected chi connectivity index (χ0v) is 16.0. The molecule has 1 amide bonds. The van der Waals surface area contributed by atoms with Crippen molar-refractivity contribution in [2.24, 2.45) is 5.92 Å². The summed E-state index contributed by atoms with van der Waals surface area (Å²) < 4.78 is 15.9. The number of carbonyl (C=O) groups excluding carboxylic acids is 1. The molecule has 0 aromatic heterocycles. The van der Waals surface area contributed by atoms with Gasteiger partial charge in [-0.1, -0.05) is 26.0 Å². The van der Waals surface area contributed by atoms with E-state index < -0.39 is 0 Å². The Kier molecular flexibility index (Phi) is 6.89. The molecule has 1 unspecified atom stereocenters. The van der Waals surface area contributed by atoms with Crippen molar-refractivity contribution in [2.75, 3.05) is 27.9 Å². The van der Waals surface area contributed by atoms with Gasteiger partial charge in [0.15, 0.2) is 11.5 Å². The van der Waals surface area contributed by atoms with Crippen molar-refractivity contribution in [1.29, 1.82) is 0 Å². The predicted octanol–water partition coefficient (Wildman–Crippen LogP) is 3.88. The average molecular weight is 357 g/mol. The van der Waals surface area contributed by atoms with E-state index >= 15 is 0 Å². The van der Waals surface area contributed by atoms with Gasteiger partial charge in [0.05, 0.1) is 21.3 Å². The second kappa shape index (κ2) is 9.13. The summed E-state index contributed by atoms with van der Waals surface area (Å²) in [6.45, 7) is 4.81. The minimum atomic E-state index is -0.116. The number of carbonyl (C=O) groups is 1. The number of ether oxygens (including phenoxy) is 3. The van der Waals surface area contributed by atoms with Crippen LogP contribution in [-0.4, -0.2) is 33.8 Å². The van der Waals surface area contributed by atoms with Crippen LogP contribution in [0.15, 0.2) is 42.5 Å². The molecule has 5 heteroatoms. The molecule has 26 heavy (non-hydrogen) atoms. The molecular weight excluding hydrogens is 330 g/mol. The van der Waals surface area contributed by atoms with E-state index in [2.05, 4.69) is 19.2 Å². The number of methoxy groups -OCH3 is 3. The van der Waals surface area contributed by atoms with Crippen LogP contribution in [0.2, 0.25) is 0 Å². The molecule has 0 saturated heterocycles. The van der Waals surface area contributed by atoms with Crippen LogP contribution in [0.1, 0.15) is 35.7 Å². The summed E-state index contributed by atoms with van der Waals surface area (Å²) in [7, 11) is 4.82. The molecule has 0 aliphatic carbocycles. The maximum absolute atomic E-state index is 12.5. The smallest absolute Gasteiger partial charge is 0.251 e. The van der Waals surface area contributed by atoms with E-state index in [1.807, 2.05) is 30.3 Å². The highest BCUT2D eigenvalue weighted by Gasteiger charge is 2.19. The molecule has 2 aromatic rings. The van der Waals surface area contributed by atoms with E-state index in [0.29, 0.717) is 35.3 Å². The zero-order valence-electron chi connectivity index (χ0n) is 16.0. The normalized spacial score (nSPS) is 11.8. The second-order valence-electron chi connectivity index (χ2n) is 6.41. The molecule has 1 N–H and O–H groups in total. The molecule has 2 rings (SSSR count). The Morgan fingerprint density at radius 2 is 1.69 bits per heavy atom. The number of hydrogen-bond acceptors (Lipinski definition) is 4. The van der Waals surface area contributed by atoms with Crippen molar-refractivity contribution < 1.29 is 19.0 Å². The Labute approximate surface area is 155 Å². The van der Waals surface area contributed by atoms with Gasteiger partial charge in [-0.15, -0.1) is 0 Å². The van der Waals surface area contributed by atoms with Crippen LogP contribution in [0.3, 0.4) is 0 Å². The molecule has 0 fully saturated rings. The van der Waals surface area contributed by atoms with E-state index in [1.165, 1.54) is 0 Å². The Morgan fingerprint density at radius 3 is 2.31 bits per heavy atom. The third kappa shape index (κ3) is 4.69. The summed E-state index contributed by atoms with van der Waals surface area (Å²) >= 11 is 0. The standard InChI is InChI=1S/C21H27NO4/c1-14(2)18(15-9-10-19(25-4)20(12-15)26-5)13-22-21(23)16-7-6-8-17(11-16)24-3/h6-12,14,18H,13H2,1-5H3,(H,22,23). The first-order chi connectivity index (χ1) is 12.5. The second-order valence-corrected chi connectivity index (χ2v) is 6.41. The van der Waals surface area contributed by atoms with Gasteiger partial charge in [-0.25, -0.2) is 0 Å². The van der Waals surface area contributed by atoms with E-state index in [9.17, 15) is 4.79 Å². The molecular formula is C21H27NO4. The third-order valence-corrected chi connectivity index (χ3v) is 4.45. The maximum Gasteiger partial charge on any atom is 0.251 e. The minimum absolute atomic E-state index is 0.116. The van der Waals surface area contributed by atoms with E-state index in [-0.39, 0.29) is 11.8 Å². The van der Waals surface area contributed by atoms with Crippen molar-refractivity contribution >= 4 is 5.91 Å². The first kappa shape index (κ1) is 19.6. The molecule has 140 valence electrons. The van der Waals surface area contributed by atoms with Gasteiger partial charge in [0, 0.05) is 18.0 Å². The fourth-order valence-corrected chi connectivity index (χ4v) is 2.89.